The van der Waals surface area contributed by atoms with E-state index in [9.17, 15) is 4.79 Å². The van der Waals surface area contributed by atoms with E-state index in [2.05, 4.69) is 45.8 Å². The van der Waals surface area contributed by atoms with Gasteiger partial charge in [-0.2, -0.15) is 5.10 Å². The van der Waals surface area contributed by atoms with Gasteiger partial charge in [-0.3, -0.25) is 9.89 Å². The van der Waals surface area contributed by atoms with Gasteiger partial charge in [-0.25, -0.2) is 0 Å². The summed E-state index contributed by atoms with van der Waals surface area (Å²) < 4.78 is 2.48. The lowest BCUT2D eigenvalue weighted by atomic mass is 10.1. The van der Waals surface area contributed by atoms with E-state index in [1.807, 2.05) is 48.7 Å². The smallest absolute Gasteiger partial charge is 0.260 e. The van der Waals surface area contributed by atoms with Crippen molar-refractivity contribution in [3.63, 3.8) is 0 Å². The summed E-state index contributed by atoms with van der Waals surface area (Å²) in [4.78, 5) is 14.2. The van der Waals surface area contributed by atoms with Crippen LogP contribution in [0.4, 0.5) is 5.82 Å². The lowest BCUT2D eigenvalue weighted by molar-refractivity contribution is 0.761. The first-order valence-electron chi connectivity index (χ1n) is 9.87. The molecular weight excluding hydrogens is 428 g/mol. The van der Waals surface area contributed by atoms with Crippen molar-refractivity contribution in [2.75, 3.05) is 5.32 Å². The SMILES string of the molecule is O=c1c(-c2cc(NCc3ccc(Cl)s3)n[nH]2)cccn1Cc1ccc2ccccc2c1. The number of fused-ring (bicyclic) bond motifs is 1. The number of aromatic nitrogens is 3. The molecule has 31 heavy (non-hydrogen) atoms. The Morgan fingerprint density at radius 2 is 1.87 bits per heavy atom. The van der Waals surface area contributed by atoms with E-state index in [1.165, 1.54) is 22.1 Å². The fourth-order valence-electron chi connectivity index (χ4n) is 3.57. The zero-order valence-electron chi connectivity index (χ0n) is 16.5. The maximum Gasteiger partial charge on any atom is 0.260 e. The second-order valence-corrected chi connectivity index (χ2v) is 9.06. The molecule has 0 fully saturated rings. The van der Waals surface area contributed by atoms with E-state index >= 15 is 0 Å². The minimum atomic E-state index is -0.0594. The van der Waals surface area contributed by atoms with E-state index in [1.54, 1.807) is 4.57 Å². The molecule has 0 unspecified atom stereocenters. The standard InChI is InChI=1S/C24H19ClN4OS/c25-22-10-9-19(31-22)14-26-23-13-21(27-28-23)20-6-3-11-29(24(20)30)15-16-7-8-17-4-1-2-5-18(17)12-16/h1-13H,14-15H2,(H2,26,27,28). The van der Waals surface area contributed by atoms with Crippen molar-refractivity contribution in [2.45, 2.75) is 13.1 Å². The van der Waals surface area contributed by atoms with Crippen molar-refractivity contribution in [3.8, 4) is 11.3 Å². The van der Waals surface area contributed by atoms with Crippen LogP contribution in [0.3, 0.4) is 0 Å². The molecule has 0 bridgehead atoms. The number of H-pyrrole nitrogens is 1. The van der Waals surface area contributed by atoms with Gasteiger partial charge in [0.15, 0.2) is 0 Å². The minimum Gasteiger partial charge on any atom is -0.364 e. The number of aromatic amines is 1. The zero-order chi connectivity index (χ0) is 21.2. The average Bonchev–Trinajstić information content (AvgIpc) is 3.42. The second-order valence-electron chi connectivity index (χ2n) is 7.26. The molecule has 0 atom stereocenters. The molecule has 3 heterocycles. The summed E-state index contributed by atoms with van der Waals surface area (Å²) in [5, 5.41) is 12.9. The number of rotatable bonds is 6. The summed E-state index contributed by atoms with van der Waals surface area (Å²) in [6.45, 7) is 1.14. The number of halogens is 1. The molecular formula is C24H19ClN4OS. The molecule has 7 heteroatoms. The Bertz CT molecular complexity index is 1420. The van der Waals surface area contributed by atoms with Crippen molar-refractivity contribution in [3.05, 3.63) is 104 Å². The Kier molecular flexibility index (Phi) is 5.32. The van der Waals surface area contributed by atoms with Crippen molar-refractivity contribution >= 4 is 39.5 Å². The molecule has 0 saturated carbocycles. The number of nitrogens with zero attached hydrogens (tertiary/aromatic N) is 2. The summed E-state index contributed by atoms with van der Waals surface area (Å²) in [6, 6.07) is 23.9. The first-order valence-corrected chi connectivity index (χ1v) is 11.1. The molecule has 0 radical (unpaired) electrons. The molecule has 5 nitrogen and oxygen atoms in total. The maximum absolute atomic E-state index is 13.1. The highest BCUT2D eigenvalue weighted by Crippen LogP contribution is 2.23. The topological polar surface area (TPSA) is 62.7 Å². The Morgan fingerprint density at radius 3 is 2.71 bits per heavy atom. The first kappa shape index (κ1) is 19.6. The van der Waals surface area contributed by atoms with E-state index in [0.717, 1.165) is 14.8 Å². The third-order valence-corrected chi connectivity index (χ3v) is 6.36. The number of anilines is 1. The van der Waals surface area contributed by atoms with Crippen LogP contribution in [0.5, 0.6) is 0 Å². The van der Waals surface area contributed by atoms with Gasteiger partial charge in [0.1, 0.15) is 5.82 Å². The Labute approximate surface area is 187 Å². The summed E-state index contributed by atoms with van der Waals surface area (Å²) in [7, 11) is 0. The fraction of sp³-hybridized carbons (Fsp3) is 0.0833. The fourth-order valence-corrected chi connectivity index (χ4v) is 4.60. The van der Waals surface area contributed by atoms with Gasteiger partial charge >= 0.3 is 0 Å². The van der Waals surface area contributed by atoms with E-state index in [0.29, 0.717) is 30.2 Å². The van der Waals surface area contributed by atoms with Crippen LogP contribution in [0.25, 0.3) is 22.0 Å². The molecule has 0 spiro atoms. The quantitative estimate of drug-likeness (QED) is 0.348. The van der Waals surface area contributed by atoms with Gasteiger partial charge in [0, 0.05) is 17.1 Å². The molecule has 0 saturated heterocycles. The Hall–Kier alpha value is -3.35. The average molecular weight is 447 g/mol. The third kappa shape index (κ3) is 4.26. The van der Waals surface area contributed by atoms with E-state index in [-0.39, 0.29) is 5.56 Å². The van der Waals surface area contributed by atoms with Gasteiger partial charge in [0.05, 0.1) is 28.7 Å². The van der Waals surface area contributed by atoms with Gasteiger partial charge < -0.3 is 9.88 Å². The van der Waals surface area contributed by atoms with Crippen molar-refractivity contribution in [1.29, 1.82) is 0 Å². The van der Waals surface area contributed by atoms with Crippen LogP contribution >= 0.6 is 22.9 Å². The third-order valence-electron chi connectivity index (χ3n) is 5.13. The maximum atomic E-state index is 13.1. The van der Waals surface area contributed by atoms with Gasteiger partial charge in [-0.1, -0.05) is 48.0 Å². The predicted octanol–water partition coefficient (Wildman–Crippen LogP) is 5.77. The normalized spacial score (nSPS) is 11.1. The lowest BCUT2D eigenvalue weighted by Gasteiger charge is -2.08. The van der Waals surface area contributed by atoms with Crippen LogP contribution in [0.1, 0.15) is 10.4 Å². The number of hydrogen-bond donors (Lipinski definition) is 2. The Balaban J connectivity index is 1.36. The van der Waals surface area contributed by atoms with Crippen LogP contribution in [0, 0.1) is 0 Å². The molecule has 154 valence electrons. The number of thiophene rings is 1. The van der Waals surface area contributed by atoms with Crippen LogP contribution < -0.4 is 10.9 Å². The molecule has 0 amide bonds. The molecule has 0 aliphatic heterocycles. The summed E-state index contributed by atoms with van der Waals surface area (Å²) in [5.41, 5.74) is 2.29. The van der Waals surface area contributed by atoms with Crippen molar-refractivity contribution < 1.29 is 0 Å². The van der Waals surface area contributed by atoms with Crippen molar-refractivity contribution in [1.82, 2.24) is 14.8 Å². The minimum absolute atomic E-state index is 0.0594. The van der Waals surface area contributed by atoms with Gasteiger partial charge in [0.25, 0.3) is 5.56 Å². The van der Waals surface area contributed by atoms with Gasteiger partial charge in [-0.15, -0.1) is 11.3 Å². The van der Waals surface area contributed by atoms with Crippen LogP contribution in [-0.2, 0) is 13.1 Å². The molecule has 2 N–H and O–H groups in total. The monoisotopic (exact) mass is 446 g/mol. The molecule has 5 rings (SSSR count). The molecule has 2 aromatic carbocycles. The number of hydrogen-bond acceptors (Lipinski definition) is 4. The summed E-state index contributed by atoms with van der Waals surface area (Å²) in [6.07, 6.45) is 1.82. The van der Waals surface area contributed by atoms with Gasteiger partial charge in [0.2, 0.25) is 0 Å². The Morgan fingerprint density at radius 1 is 1.00 bits per heavy atom. The molecule has 0 aliphatic rings. The lowest BCUT2D eigenvalue weighted by Crippen LogP contribution is -2.21. The van der Waals surface area contributed by atoms with Crippen molar-refractivity contribution in [2.24, 2.45) is 0 Å². The summed E-state index contributed by atoms with van der Waals surface area (Å²) in [5.74, 6) is 0.684. The van der Waals surface area contributed by atoms with Crippen LogP contribution in [0.15, 0.2) is 83.8 Å². The highest BCUT2D eigenvalue weighted by molar-refractivity contribution is 7.16. The number of nitrogens with one attached hydrogen (secondary N) is 2. The largest absolute Gasteiger partial charge is 0.364 e. The highest BCUT2D eigenvalue weighted by atomic mass is 35.5. The van der Waals surface area contributed by atoms with Crippen LogP contribution in [0.2, 0.25) is 4.34 Å². The van der Waals surface area contributed by atoms with E-state index < -0.39 is 0 Å². The van der Waals surface area contributed by atoms with Crippen LogP contribution in [-0.4, -0.2) is 14.8 Å². The van der Waals surface area contributed by atoms with E-state index in [4.69, 9.17) is 11.6 Å². The number of pyridine rings is 1. The predicted molar refractivity (Wildman–Crippen MR) is 128 cm³/mol. The molecule has 0 aliphatic carbocycles. The number of benzene rings is 2. The molecule has 3 aromatic heterocycles. The highest BCUT2D eigenvalue weighted by Gasteiger charge is 2.10. The second kappa shape index (κ2) is 8.41. The summed E-state index contributed by atoms with van der Waals surface area (Å²) >= 11 is 7.50. The van der Waals surface area contributed by atoms with Gasteiger partial charge in [-0.05, 0) is 46.7 Å². The molecule has 5 aromatic rings. The first-order chi connectivity index (χ1) is 15.2. The zero-order valence-corrected chi connectivity index (χ0v) is 18.1.